The molecule has 0 radical (unpaired) electrons. The van der Waals surface area contributed by atoms with Gasteiger partial charge in [-0.2, -0.15) is 0 Å². The van der Waals surface area contributed by atoms with Crippen LogP contribution >= 0.6 is 0 Å². The zero-order chi connectivity index (χ0) is 17.8. The number of hydrogen-bond donors (Lipinski definition) is 4. The molecular weight excluding hydrogens is 318 g/mol. The predicted molar refractivity (Wildman–Crippen MR) is 94.7 cm³/mol. The van der Waals surface area contributed by atoms with Crippen LogP contribution in [0.5, 0.6) is 5.75 Å². The normalized spacial score (nSPS) is 13.4. The number of rotatable bonds is 5. The summed E-state index contributed by atoms with van der Waals surface area (Å²) in [7, 11) is 0. The van der Waals surface area contributed by atoms with Crippen LogP contribution in [0.25, 0.3) is 11.3 Å². The van der Waals surface area contributed by atoms with E-state index in [1.54, 1.807) is 18.2 Å². The van der Waals surface area contributed by atoms with Crippen LogP contribution in [-0.4, -0.2) is 31.6 Å². The lowest BCUT2D eigenvalue weighted by Crippen LogP contribution is -2.22. The van der Waals surface area contributed by atoms with Crippen LogP contribution < -0.4 is 5.73 Å². The maximum atomic E-state index is 10.5. The molecule has 2 atom stereocenters. The van der Waals surface area contributed by atoms with Crippen LogP contribution in [0, 0.1) is 0 Å². The minimum Gasteiger partial charge on any atom is -0.507 e. The summed E-state index contributed by atoms with van der Waals surface area (Å²) >= 11 is 0. The molecular formula is C19H19N3O3. The minimum atomic E-state index is -1.22. The van der Waals surface area contributed by atoms with Gasteiger partial charge in [0.1, 0.15) is 11.9 Å². The average Bonchev–Trinajstić information content (AvgIpc) is 2.63. The number of phenolic OH excluding ortho intramolecular Hbond substituents is 1. The molecule has 3 aromatic rings. The first-order chi connectivity index (χ1) is 12.1. The van der Waals surface area contributed by atoms with Crippen molar-refractivity contribution in [3.8, 4) is 17.0 Å². The van der Waals surface area contributed by atoms with Crippen LogP contribution in [0.4, 0.5) is 5.82 Å². The summed E-state index contributed by atoms with van der Waals surface area (Å²) in [4.78, 5) is 0. The summed E-state index contributed by atoms with van der Waals surface area (Å²) in [5.41, 5.74) is 7.85. The standard InChI is InChI=1S/C19H19N3O3/c20-19-14(18(25)17(24)10-12-6-2-1-3-7-12)11-15(21-22-19)13-8-4-5-9-16(13)23/h1-9,11,17-18,23-25H,10H2,(H2,20,22). The number of nitrogen functional groups attached to an aromatic ring is 1. The third-order valence-corrected chi connectivity index (χ3v) is 4.00. The van der Waals surface area contributed by atoms with Crippen LogP contribution in [0.3, 0.4) is 0 Å². The fourth-order valence-corrected chi connectivity index (χ4v) is 2.65. The number of phenols is 1. The molecule has 0 saturated heterocycles. The van der Waals surface area contributed by atoms with E-state index in [-0.39, 0.29) is 23.6 Å². The van der Waals surface area contributed by atoms with Crippen molar-refractivity contribution in [1.29, 1.82) is 0 Å². The van der Waals surface area contributed by atoms with E-state index >= 15 is 0 Å². The Labute approximate surface area is 145 Å². The Hall–Kier alpha value is -2.96. The van der Waals surface area contributed by atoms with Gasteiger partial charge in [-0.25, -0.2) is 0 Å². The van der Waals surface area contributed by atoms with Crippen molar-refractivity contribution in [2.75, 3.05) is 5.73 Å². The highest BCUT2D eigenvalue weighted by atomic mass is 16.3. The van der Waals surface area contributed by atoms with Crippen molar-refractivity contribution >= 4 is 5.82 Å². The van der Waals surface area contributed by atoms with Gasteiger partial charge in [0.2, 0.25) is 0 Å². The van der Waals surface area contributed by atoms with Crippen molar-refractivity contribution in [3.63, 3.8) is 0 Å². The molecule has 2 unspecified atom stereocenters. The Morgan fingerprint density at radius 2 is 1.60 bits per heavy atom. The SMILES string of the molecule is Nc1nnc(-c2ccccc2O)cc1C(O)C(O)Cc1ccccc1. The zero-order valence-corrected chi connectivity index (χ0v) is 13.4. The highest BCUT2D eigenvalue weighted by molar-refractivity contribution is 5.67. The topological polar surface area (TPSA) is 112 Å². The zero-order valence-electron chi connectivity index (χ0n) is 13.4. The van der Waals surface area contributed by atoms with E-state index < -0.39 is 12.2 Å². The number of aliphatic hydroxyl groups is 2. The van der Waals surface area contributed by atoms with Gasteiger partial charge < -0.3 is 21.1 Å². The Morgan fingerprint density at radius 1 is 0.920 bits per heavy atom. The second-order valence-corrected chi connectivity index (χ2v) is 5.79. The molecule has 6 heteroatoms. The summed E-state index contributed by atoms with van der Waals surface area (Å²) in [6, 6.07) is 17.6. The number of para-hydroxylation sites is 1. The molecule has 5 N–H and O–H groups in total. The molecule has 0 spiro atoms. The highest BCUT2D eigenvalue weighted by Gasteiger charge is 2.23. The van der Waals surface area contributed by atoms with Gasteiger partial charge in [0.25, 0.3) is 0 Å². The molecule has 1 heterocycles. The molecule has 0 bridgehead atoms. The van der Waals surface area contributed by atoms with Gasteiger partial charge in [0.15, 0.2) is 5.82 Å². The van der Waals surface area contributed by atoms with Gasteiger partial charge in [0.05, 0.1) is 11.8 Å². The fraction of sp³-hybridized carbons (Fsp3) is 0.158. The second-order valence-electron chi connectivity index (χ2n) is 5.79. The summed E-state index contributed by atoms with van der Waals surface area (Å²) in [5, 5.41) is 38.6. The molecule has 25 heavy (non-hydrogen) atoms. The monoisotopic (exact) mass is 337 g/mol. The smallest absolute Gasteiger partial charge is 0.152 e. The van der Waals surface area contributed by atoms with E-state index in [0.717, 1.165) is 5.56 Å². The van der Waals surface area contributed by atoms with Crippen LogP contribution in [0.1, 0.15) is 17.2 Å². The van der Waals surface area contributed by atoms with Crippen LogP contribution in [0.2, 0.25) is 0 Å². The van der Waals surface area contributed by atoms with Crippen molar-refractivity contribution < 1.29 is 15.3 Å². The number of aromatic nitrogens is 2. The van der Waals surface area contributed by atoms with E-state index in [1.165, 1.54) is 12.1 Å². The van der Waals surface area contributed by atoms with Crippen LogP contribution in [0.15, 0.2) is 60.7 Å². The number of nitrogens with zero attached hydrogens (tertiary/aromatic N) is 2. The number of anilines is 1. The molecule has 6 nitrogen and oxygen atoms in total. The molecule has 128 valence electrons. The molecule has 0 fully saturated rings. The summed E-state index contributed by atoms with van der Waals surface area (Å²) in [6.07, 6.45) is -2.00. The number of hydrogen-bond acceptors (Lipinski definition) is 6. The maximum Gasteiger partial charge on any atom is 0.152 e. The molecule has 3 rings (SSSR count). The summed E-state index contributed by atoms with van der Waals surface area (Å²) < 4.78 is 0. The molecule has 2 aromatic carbocycles. The number of benzene rings is 2. The first-order valence-electron chi connectivity index (χ1n) is 7.88. The summed E-state index contributed by atoms with van der Waals surface area (Å²) in [6.45, 7) is 0. The second kappa shape index (κ2) is 7.29. The van der Waals surface area contributed by atoms with E-state index in [4.69, 9.17) is 5.73 Å². The third-order valence-electron chi connectivity index (χ3n) is 4.00. The Kier molecular flexibility index (Phi) is 4.92. The number of nitrogens with two attached hydrogens (primary N) is 1. The first kappa shape index (κ1) is 16.9. The van der Waals surface area contributed by atoms with Crippen LogP contribution in [-0.2, 0) is 6.42 Å². The lowest BCUT2D eigenvalue weighted by molar-refractivity contribution is 0.0192. The van der Waals surface area contributed by atoms with Gasteiger partial charge in [-0.15, -0.1) is 10.2 Å². The molecule has 1 aromatic heterocycles. The number of aliphatic hydroxyl groups excluding tert-OH is 2. The fourth-order valence-electron chi connectivity index (χ4n) is 2.65. The molecule has 0 amide bonds. The Bertz CT molecular complexity index is 856. The Morgan fingerprint density at radius 3 is 2.32 bits per heavy atom. The molecule has 0 aliphatic rings. The third kappa shape index (κ3) is 3.76. The summed E-state index contributed by atoms with van der Waals surface area (Å²) in [5.74, 6) is 0.0885. The Balaban J connectivity index is 1.88. The highest BCUT2D eigenvalue weighted by Crippen LogP contribution is 2.31. The molecule has 0 aliphatic heterocycles. The van der Waals surface area contributed by atoms with Gasteiger partial charge in [0, 0.05) is 17.5 Å². The van der Waals surface area contributed by atoms with Crippen molar-refractivity contribution in [2.45, 2.75) is 18.6 Å². The van der Waals surface area contributed by atoms with Gasteiger partial charge in [-0.1, -0.05) is 42.5 Å². The maximum absolute atomic E-state index is 10.5. The van der Waals surface area contributed by atoms with E-state index in [1.807, 2.05) is 30.3 Å². The lowest BCUT2D eigenvalue weighted by Gasteiger charge is -2.19. The van der Waals surface area contributed by atoms with Gasteiger partial charge in [-0.3, -0.25) is 0 Å². The average molecular weight is 337 g/mol. The molecule has 0 aliphatic carbocycles. The number of aromatic hydroxyl groups is 1. The minimum absolute atomic E-state index is 0.0405. The first-order valence-corrected chi connectivity index (χ1v) is 7.88. The van der Waals surface area contributed by atoms with Crippen molar-refractivity contribution in [1.82, 2.24) is 10.2 Å². The van der Waals surface area contributed by atoms with Gasteiger partial charge >= 0.3 is 0 Å². The van der Waals surface area contributed by atoms with E-state index in [0.29, 0.717) is 11.3 Å². The van der Waals surface area contributed by atoms with Crippen molar-refractivity contribution in [2.24, 2.45) is 0 Å². The van der Waals surface area contributed by atoms with Gasteiger partial charge in [-0.05, 0) is 23.8 Å². The van der Waals surface area contributed by atoms with E-state index in [2.05, 4.69) is 10.2 Å². The quantitative estimate of drug-likeness (QED) is 0.567. The molecule has 0 saturated carbocycles. The predicted octanol–water partition coefficient (Wildman–Crippen LogP) is 2.07. The largest absolute Gasteiger partial charge is 0.507 e. The van der Waals surface area contributed by atoms with Crippen molar-refractivity contribution in [3.05, 3.63) is 71.8 Å². The van der Waals surface area contributed by atoms with E-state index in [9.17, 15) is 15.3 Å². The lowest BCUT2D eigenvalue weighted by atomic mass is 9.98.